The van der Waals surface area contributed by atoms with Gasteiger partial charge in [0.15, 0.2) is 0 Å². The van der Waals surface area contributed by atoms with Gasteiger partial charge in [0, 0.05) is 15.9 Å². The molecule has 0 saturated heterocycles. The van der Waals surface area contributed by atoms with Crippen LogP contribution in [0.1, 0.15) is 5.56 Å². The lowest BCUT2D eigenvalue weighted by molar-refractivity contribution is 0.756. The van der Waals surface area contributed by atoms with Crippen molar-refractivity contribution < 1.29 is 0 Å². The molecule has 0 atom stereocenters. The third-order valence-corrected chi connectivity index (χ3v) is 4.43. The molecule has 0 spiro atoms. The van der Waals surface area contributed by atoms with Crippen LogP contribution in [0, 0.1) is 0 Å². The summed E-state index contributed by atoms with van der Waals surface area (Å²) in [6.45, 7) is 0.467. The summed E-state index contributed by atoms with van der Waals surface area (Å²) >= 11 is 4.96. The Hall–Kier alpha value is -1.70. The highest BCUT2D eigenvalue weighted by atomic mass is 79.9. The highest BCUT2D eigenvalue weighted by molar-refractivity contribution is 9.10. The van der Waals surface area contributed by atoms with Crippen molar-refractivity contribution in [1.82, 2.24) is 20.2 Å². The van der Waals surface area contributed by atoms with Gasteiger partial charge in [-0.2, -0.15) is 4.68 Å². The maximum Gasteiger partial charge on any atom is 0.218 e. The molecule has 0 aliphatic heterocycles. The molecule has 3 rings (SSSR count). The number of nitrogens with two attached hydrogens (primary N) is 1. The van der Waals surface area contributed by atoms with E-state index >= 15 is 0 Å². The topological polar surface area (TPSA) is 69.6 Å². The van der Waals surface area contributed by atoms with Crippen LogP contribution in [0.15, 0.2) is 63.1 Å². The van der Waals surface area contributed by atoms with Gasteiger partial charge >= 0.3 is 0 Å². The van der Waals surface area contributed by atoms with E-state index in [9.17, 15) is 0 Å². The van der Waals surface area contributed by atoms with Crippen molar-refractivity contribution in [3.63, 3.8) is 0 Å². The molecule has 0 radical (unpaired) electrons. The fraction of sp³-hybridized carbons (Fsp3) is 0.0714. The van der Waals surface area contributed by atoms with E-state index in [4.69, 9.17) is 5.73 Å². The quantitative estimate of drug-likeness (QED) is 0.773. The zero-order valence-electron chi connectivity index (χ0n) is 11.0. The lowest BCUT2D eigenvalue weighted by Gasteiger charge is -2.08. The zero-order chi connectivity index (χ0) is 14.7. The number of halogens is 1. The van der Waals surface area contributed by atoms with E-state index in [1.165, 1.54) is 11.8 Å². The molecule has 1 aromatic heterocycles. The van der Waals surface area contributed by atoms with E-state index < -0.39 is 0 Å². The first-order chi connectivity index (χ1) is 10.3. The van der Waals surface area contributed by atoms with Crippen molar-refractivity contribution in [2.24, 2.45) is 5.73 Å². The molecular weight excluding hydrogens is 350 g/mol. The number of para-hydroxylation sites is 1. The van der Waals surface area contributed by atoms with Gasteiger partial charge in [0.1, 0.15) is 0 Å². The molecule has 0 unspecified atom stereocenters. The largest absolute Gasteiger partial charge is 0.326 e. The van der Waals surface area contributed by atoms with Crippen LogP contribution in [-0.2, 0) is 6.54 Å². The van der Waals surface area contributed by atoms with Crippen LogP contribution in [0.5, 0.6) is 0 Å². The monoisotopic (exact) mass is 361 g/mol. The number of hydrogen-bond donors (Lipinski definition) is 1. The molecule has 0 aliphatic carbocycles. The summed E-state index contributed by atoms with van der Waals surface area (Å²) in [5, 5.41) is 12.6. The van der Waals surface area contributed by atoms with Crippen molar-refractivity contribution in [2.45, 2.75) is 16.6 Å². The molecule has 2 aromatic carbocycles. The fourth-order valence-corrected chi connectivity index (χ4v) is 3.20. The molecule has 1 heterocycles. The number of aromatic nitrogens is 4. The summed E-state index contributed by atoms with van der Waals surface area (Å²) in [6, 6.07) is 15.8. The highest BCUT2D eigenvalue weighted by Crippen LogP contribution is 2.31. The number of hydrogen-bond acceptors (Lipinski definition) is 5. The van der Waals surface area contributed by atoms with Gasteiger partial charge in [0.25, 0.3) is 0 Å². The average molecular weight is 362 g/mol. The Morgan fingerprint density at radius 1 is 1.14 bits per heavy atom. The van der Waals surface area contributed by atoms with Gasteiger partial charge in [-0.25, -0.2) is 0 Å². The molecule has 0 bridgehead atoms. The lowest BCUT2D eigenvalue weighted by atomic mass is 10.2. The molecule has 0 amide bonds. The Kier molecular flexibility index (Phi) is 4.33. The zero-order valence-corrected chi connectivity index (χ0v) is 13.4. The van der Waals surface area contributed by atoms with Gasteiger partial charge in [0.05, 0.1) is 5.69 Å². The minimum absolute atomic E-state index is 0.467. The normalized spacial score (nSPS) is 10.8. The minimum Gasteiger partial charge on any atom is -0.326 e. The van der Waals surface area contributed by atoms with Gasteiger partial charge < -0.3 is 5.73 Å². The Balaban J connectivity index is 1.95. The second kappa shape index (κ2) is 6.38. The van der Waals surface area contributed by atoms with E-state index in [0.29, 0.717) is 11.7 Å². The first-order valence-corrected chi connectivity index (χ1v) is 7.89. The Morgan fingerprint density at radius 3 is 2.71 bits per heavy atom. The number of benzene rings is 2. The van der Waals surface area contributed by atoms with Gasteiger partial charge in [-0.15, -0.1) is 5.10 Å². The Morgan fingerprint density at radius 2 is 1.95 bits per heavy atom. The van der Waals surface area contributed by atoms with E-state index in [-0.39, 0.29) is 0 Å². The van der Waals surface area contributed by atoms with Crippen molar-refractivity contribution in [2.75, 3.05) is 0 Å². The van der Waals surface area contributed by atoms with Crippen LogP contribution in [0.2, 0.25) is 0 Å². The van der Waals surface area contributed by atoms with Gasteiger partial charge in [0.2, 0.25) is 5.16 Å². The van der Waals surface area contributed by atoms with Crippen LogP contribution in [0.4, 0.5) is 0 Å². The molecule has 21 heavy (non-hydrogen) atoms. The maximum absolute atomic E-state index is 5.81. The predicted molar refractivity (Wildman–Crippen MR) is 85.3 cm³/mol. The third-order valence-electron chi connectivity index (χ3n) is 2.89. The lowest BCUT2D eigenvalue weighted by Crippen LogP contribution is -2.01. The predicted octanol–water partition coefficient (Wildman–Crippen LogP) is 3.03. The van der Waals surface area contributed by atoms with Crippen molar-refractivity contribution >= 4 is 27.7 Å². The Bertz CT molecular complexity index is 744. The second-order valence-electron chi connectivity index (χ2n) is 4.27. The van der Waals surface area contributed by atoms with E-state index in [2.05, 4.69) is 31.5 Å². The second-order valence-corrected chi connectivity index (χ2v) is 6.19. The molecular formula is C14H12BrN5S. The highest BCUT2D eigenvalue weighted by Gasteiger charge is 2.12. The summed E-state index contributed by atoms with van der Waals surface area (Å²) in [7, 11) is 0. The number of nitrogens with zero attached hydrogens (tertiary/aromatic N) is 4. The first kappa shape index (κ1) is 14.2. The molecule has 2 N–H and O–H groups in total. The maximum atomic E-state index is 5.81. The van der Waals surface area contributed by atoms with E-state index in [1.54, 1.807) is 4.68 Å². The number of rotatable bonds is 4. The smallest absolute Gasteiger partial charge is 0.218 e. The summed E-state index contributed by atoms with van der Waals surface area (Å²) in [5.41, 5.74) is 7.79. The molecule has 0 saturated carbocycles. The van der Waals surface area contributed by atoms with Crippen LogP contribution >= 0.6 is 27.7 Å². The van der Waals surface area contributed by atoms with E-state index in [0.717, 1.165) is 20.6 Å². The standard InChI is InChI=1S/C14H12BrN5S/c15-11-6-7-13(10(8-11)9-16)21-14-17-18-19-20(14)12-4-2-1-3-5-12/h1-8H,9,16H2. The fourth-order valence-electron chi connectivity index (χ4n) is 1.88. The van der Waals surface area contributed by atoms with Gasteiger partial charge in [-0.1, -0.05) is 34.1 Å². The summed E-state index contributed by atoms with van der Waals surface area (Å²) in [6.07, 6.45) is 0. The van der Waals surface area contributed by atoms with Gasteiger partial charge in [-0.3, -0.25) is 0 Å². The summed E-state index contributed by atoms with van der Waals surface area (Å²) in [4.78, 5) is 1.05. The van der Waals surface area contributed by atoms with Crippen LogP contribution < -0.4 is 5.73 Å². The Labute approximate surface area is 134 Å². The number of tetrazole rings is 1. The molecule has 106 valence electrons. The van der Waals surface area contributed by atoms with Crippen molar-refractivity contribution in [3.05, 3.63) is 58.6 Å². The van der Waals surface area contributed by atoms with Crippen LogP contribution in [-0.4, -0.2) is 20.2 Å². The molecule has 3 aromatic rings. The molecule has 7 heteroatoms. The van der Waals surface area contributed by atoms with Crippen molar-refractivity contribution in [1.29, 1.82) is 0 Å². The van der Waals surface area contributed by atoms with Crippen LogP contribution in [0.3, 0.4) is 0 Å². The van der Waals surface area contributed by atoms with Gasteiger partial charge in [-0.05, 0) is 58.1 Å². The summed E-state index contributed by atoms with van der Waals surface area (Å²) in [5.74, 6) is 0. The minimum atomic E-state index is 0.467. The third kappa shape index (κ3) is 3.15. The molecule has 5 nitrogen and oxygen atoms in total. The van der Waals surface area contributed by atoms with E-state index in [1.807, 2.05) is 48.5 Å². The summed E-state index contributed by atoms with van der Waals surface area (Å²) < 4.78 is 2.72. The van der Waals surface area contributed by atoms with Crippen molar-refractivity contribution in [3.8, 4) is 5.69 Å². The van der Waals surface area contributed by atoms with Crippen LogP contribution in [0.25, 0.3) is 5.69 Å². The first-order valence-electron chi connectivity index (χ1n) is 6.28. The SMILES string of the molecule is NCc1cc(Br)ccc1Sc1nnnn1-c1ccccc1. The molecule has 0 aliphatic rings. The average Bonchev–Trinajstić information content (AvgIpc) is 2.98. The molecule has 0 fully saturated rings.